The summed E-state index contributed by atoms with van der Waals surface area (Å²) in [6, 6.07) is 18.0. The molecule has 10 nitrogen and oxygen atoms in total. The van der Waals surface area contributed by atoms with Crippen LogP contribution in [0.2, 0.25) is 0 Å². The molecule has 0 saturated carbocycles. The van der Waals surface area contributed by atoms with Crippen LogP contribution in [-0.4, -0.2) is 84.9 Å². The molecule has 0 bridgehead atoms. The summed E-state index contributed by atoms with van der Waals surface area (Å²) in [5.41, 5.74) is 1.41. The molecule has 43 heavy (non-hydrogen) atoms. The van der Waals surface area contributed by atoms with Crippen molar-refractivity contribution in [1.29, 1.82) is 0 Å². The van der Waals surface area contributed by atoms with Gasteiger partial charge in [0, 0.05) is 44.0 Å². The van der Waals surface area contributed by atoms with E-state index < -0.39 is 12.1 Å². The molecule has 10 heteroatoms. The third-order valence-corrected chi connectivity index (χ3v) is 8.37. The number of nitrogens with zero attached hydrogens (tertiary/aromatic N) is 2. The zero-order chi connectivity index (χ0) is 30.5. The molecular weight excluding hydrogens is 548 g/mol. The van der Waals surface area contributed by atoms with Gasteiger partial charge in [-0.05, 0) is 43.4 Å². The highest BCUT2D eigenvalue weighted by molar-refractivity contribution is 6.03. The Morgan fingerprint density at radius 2 is 1.72 bits per heavy atom. The van der Waals surface area contributed by atoms with Gasteiger partial charge >= 0.3 is 6.03 Å². The molecule has 4 amide bonds. The minimum atomic E-state index is -0.523. The second-order valence-electron chi connectivity index (χ2n) is 11.5. The van der Waals surface area contributed by atoms with Gasteiger partial charge in [0.2, 0.25) is 5.91 Å². The summed E-state index contributed by atoms with van der Waals surface area (Å²) < 4.78 is 12.0. The lowest BCUT2D eigenvalue weighted by atomic mass is 9.98. The highest BCUT2D eigenvalue weighted by Gasteiger charge is 2.35. The van der Waals surface area contributed by atoms with Gasteiger partial charge < -0.3 is 35.0 Å². The molecule has 2 aliphatic heterocycles. The fourth-order valence-corrected chi connectivity index (χ4v) is 5.65. The van der Waals surface area contributed by atoms with Crippen molar-refractivity contribution in [3.05, 3.63) is 66.2 Å². The van der Waals surface area contributed by atoms with Crippen LogP contribution in [-0.2, 0) is 9.53 Å². The van der Waals surface area contributed by atoms with Crippen LogP contribution in [0.1, 0.15) is 37.0 Å². The smallest absolute Gasteiger partial charge is 0.321 e. The maximum absolute atomic E-state index is 13.8. The number of fused-ring (bicyclic) bond motifs is 2. The quantitative estimate of drug-likeness (QED) is 0.372. The first kappa shape index (κ1) is 30.3. The van der Waals surface area contributed by atoms with E-state index in [2.05, 4.69) is 10.6 Å². The predicted octanol–water partition coefficient (Wildman–Crippen LogP) is 4.59. The van der Waals surface area contributed by atoms with E-state index in [0.717, 1.165) is 10.8 Å². The Balaban J connectivity index is 1.42. The monoisotopic (exact) mass is 588 g/mol. The van der Waals surface area contributed by atoms with Crippen LogP contribution < -0.4 is 15.4 Å². The Bertz CT molecular complexity index is 1470. The first-order valence-corrected chi connectivity index (χ1v) is 14.9. The van der Waals surface area contributed by atoms with Gasteiger partial charge in [-0.2, -0.15) is 0 Å². The van der Waals surface area contributed by atoms with Gasteiger partial charge in [0.15, 0.2) is 5.75 Å². The SMILES string of the molecule is C[C@@H]1CN([C@@H](C)CO)C(=O)c2cccc(NC(=O)C3CCOCC3)c2O[C@H]1CN(C)C(=O)Nc1cccc2ccccc12. The predicted molar refractivity (Wildman–Crippen MR) is 165 cm³/mol. The molecular formula is C33H40N4O6. The highest BCUT2D eigenvalue weighted by Crippen LogP contribution is 2.35. The van der Waals surface area contributed by atoms with Crippen molar-refractivity contribution in [1.82, 2.24) is 9.80 Å². The largest absolute Gasteiger partial charge is 0.485 e. The molecule has 0 unspecified atom stereocenters. The van der Waals surface area contributed by atoms with Gasteiger partial charge in [-0.3, -0.25) is 9.59 Å². The summed E-state index contributed by atoms with van der Waals surface area (Å²) in [4.78, 5) is 43.5. The van der Waals surface area contributed by atoms with Gasteiger partial charge in [-0.1, -0.05) is 49.4 Å². The molecule has 2 heterocycles. The number of urea groups is 1. The number of nitrogens with one attached hydrogen (secondary N) is 2. The molecule has 0 aromatic heterocycles. The van der Waals surface area contributed by atoms with E-state index in [1.54, 1.807) is 42.0 Å². The fraction of sp³-hybridized carbons (Fsp3) is 0.424. The summed E-state index contributed by atoms with van der Waals surface area (Å²) in [5.74, 6) is -0.573. The molecule has 2 aliphatic rings. The minimum absolute atomic E-state index is 0.147. The number of likely N-dealkylation sites (N-methyl/N-ethyl adjacent to an activating group) is 1. The molecule has 0 spiro atoms. The molecule has 3 aromatic rings. The number of carbonyl (C=O) groups is 3. The Morgan fingerprint density at radius 3 is 2.49 bits per heavy atom. The van der Waals surface area contributed by atoms with Crippen molar-refractivity contribution in [3.63, 3.8) is 0 Å². The van der Waals surface area contributed by atoms with Gasteiger partial charge in [0.1, 0.15) is 6.10 Å². The van der Waals surface area contributed by atoms with E-state index in [1.807, 2.05) is 49.4 Å². The third kappa shape index (κ3) is 6.76. The lowest BCUT2D eigenvalue weighted by Crippen LogP contribution is -2.50. The zero-order valence-corrected chi connectivity index (χ0v) is 24.9. The summed E-state index contributed by atoms with van der Waals surface area (Å²) in [6.07, 6.45) is 0.724. The normalized spacial score (nSPS) is 19.9. The van der Waals surface area contributed by atoms with E-state index in [4.69, 9.17) is 9.47 Å². The Kier molecular flexibility index (Phi) is 9.47. The molecule has 1 saturated heterocycles. The zero-order valence-electron chi connectivity index (χ0n) is 24.9. The highest BCUT2D eigenvalue weighted by atomic mass is 16.5. The van der Waals surface area contributed by atoms with Crippen LogP contribution in [0.4, 0.5) is 16.2 Å². The average Bonchev–Trinajstić information content (AvgIpc) is 3.03. The number of aliphatic hydroxyl groups is 1. The first-order valence-electron chi connectivity index (χ1n) is 14.9. The van der Waals surface area contributed by atoms with Gasteiger partial charge in [-0.25, -0.2) is 4.79 Å². The minimum Gasteiger partial charge on any atom is -0.485 e. The average molecular weight is 589 g/mol. The number of carbonyl (C=O) groups excluding carboxylic acids is 3. The number of benzene rings is 3. The first-order chi connectivity index (χ1) is 20.8. The number of hydrogen-bond donors (Lipinski definition) is 3. The number of ether oxygens (including phenoxy) is 2. The summed E-state index contributed by atoms with van der Waals surface area (Å²) in [7, 11) is 1.70. The van der Waals surface area contributed by atoms with Crippen LogP contribution in [0, 0.1) is 11.8 Å². The van der Waals surface area contributed by atoms with Crippen molar-refractivity contribution in [2.24, 2.45) is 11.8 Å². The Labute approximate surface area is 251 Å². The van der Waals surface area contributed by atoms with Gasteiger partial charge in [-0.15, -0.1) is 0 Å². The maximum Gasteiger partial charge on any atom is 0.321 e. The topological polar surface area (TPSA) is 120 Å². The second-order valence-corrected chi connectivity index (χ2v) is 11.5. The van der Waals surface area contributed by atoms with Crippen LogP contribution in [0.5, 0.6) is 5.75 Å². The lowest BCUT2D eigenvalue weighted by molar-refractivity contribution is -0.122. The summed E-state index contributed by atoms with van der Waals surface area (Å²) in [6.45, 7) is 5.15. The lowest BCUT2D eigenvalue weighted by Gasteiger charge is -2.38. The summed E-state index contributed by atoms with van der Waals surface area (Å²) in [5, 5.41) is 17.9. The number of aliphatic hydroxyl groups excluding tert-OH is 1. The van der Waals surface area contributed by atoms with Crippen LogP contribution >= 0.6 is 0 Å². The summed E-state index contributed by atoms with van der Waals surface area (Å²) >= 11 is 0. The van der Waals surface area contributed by atoms with E-state index >= 15 is 0 Å². The van der Waals surface area contributed by atoms with Gasteiger partial charge in [0.05, 0.1) is 36.1 Å². The van der Waals surface area contributed by atoms with Crippen LogP contribution in [0.15, 0.2) is 60.7 Å². The molecule has 1 fully saturated rings. The molecule has 3 N–H and O–H groups in total. The number of hydrogen-bond acceptors (Lipinski definition) is 6. The number of rotatable bonds is 7. The molecule has 3 atom stereocenters. The fourth-order valence-electron chi connectivity index (χ4n) is 5.65. The molecule has 0 radical (unpaired) electrons. The molecule has 3 aromatic carbocycles. The van der Waals surface area contributed by atoms with Crippen molar-refractivity contribution >= 4 is 40.0 Å². The van der Waals surface area contributed by atoms with E-state index in [-0.39, 0.29) is 48.6 Å². The third-order valence-electron chi connectivity index (χ3n) is 8.37. The van der Waals surface area contributed by atoms with E-state index in [9.17, 15) is 19.5 Å². The van der Waals surface area contributed by atoms with Crippen molar-refractivity contribution in [2.45, 2.75) is 38.8 Å². The Morgan fingerprint density at radius 1 is 1.02 bits per heavy atom. The maximum atomic E-state index is 13.8. The molecule has 0 aliphatic carbocycles. The number of amides is 4. The molecule has 228 valence electrons. The number of anilines is 2. The standard InChI is InChI=1S/C33H40N4O6/c1-21-18-37(22(2)20-38)32(40)26-11-7-13-28(34-31(39)24-14-16-42-17-15-24)30(26)43-29(21)19-36(3)33(41)35-27-12-6-9-23-8-4-5-10-25(23)27/h4-13,21-22,24,29,38H,14-20H2,1-3H3,(H,34,39)(H,35,41)/t21-,22+,29+/m1/s1. The van der Waals surface area contributed by atoms with Crippen LogP contribution in [0.25, 0.3) is 10.8 Å². The van der Waals surface area contributed by atoms with Crippen LogP contribution in [0.3, 0.4) is 0 Å². The van der Waals surface area contributed by atoms with Gasteiger partial charge in [0.25, 0.3) is 5.91 Å². The van der Waals surface area contributed by atoms with Crippen molar-refractivity contribution < 1.29 is 29.0 Å². The van der Waals surface area contributed by atoms with Crippen molar-refractivity contribution in [2.75, 3.05) is 50.6 Å². The van der Waals surface area contributed by atoms with E-state index in [0.29, 0.717) is 49.5 Å². The second kappa shape index (κ2) is 13.4. The Hall–Kier alpha value is -4.15. The van der Waals surface area contributed by atoms with E-state index in [1.165, 1.54) is 0 Å². The number of para-hydroxylation sites is 1. The molecule has 5 rings (SSSR count). The van der Waals surface area contributed by atoms with Crippen molar-refractivity contribution in [3.8, 4) is 5.75 Å².